The van der Waals surface area contributed by atoms with Crippen LogP contribution in [0.5, 0.6) is 5.75 Å². The second-order valence-electron chi connectivity index (χ2n) is 3.43. The molecule has 0 bridgehead atoms. The van der Waals surface area contributed by atoms with E-state index in [1.807, 2.05) is 0 Å². The smallest absolute Gasteiger partial charge is 0.311 e. The van der Waals surface area contributed by atoms with Crippen LogP contribution in [-0.2, 0) is 0 Å². The van der Waals surface area contributed by atoms with E-state index in [-0.39, 0.29) is 18.0 Å². The summed E-state index contributed by atoms with van der Waals surface area (Å²) in [5.74, 6) is 0.762. The maximum Gasteiger partial charge on any atom is 0.311 e. The lowest BCUT2D eigenvalue weighted by molar-refractivity contribution is -0.385. The van der Waals surface area contributed by atoms with E-state index in [1.54, 1.807) is 19.1 Å². The normalized spacial score (nSPS) is 9.88. The zero-order valence-corrected chi connectivity index (χ0v) is 9.87. The fourth-order valence-electron chi connectivity index (χ4n) is 1.12. The Labute approximate surface area is 99.5 Å². The lowest BCUT2D eigenvalue weighted by atomic mass is 10.2. The van der Waals surface area contributed by atoms with Gasteiger partial charge in [-0.05, 0) is 24.1 Å². The molecule has 86 valence electrons. The first-order chi connectivity index (χ1) is 7.54. The predicted molar refractivity (Wildman–Crippen MR) is 66.3 cm³/mol. The number of rotatable bonds is 5. The zero-order valence-electron chi connectivity index (χ0n) is 8.97. The SMILES string of the molecule is C=C(CS)COc1ccc(C)cc1[N+](=O)[O-]. The summed E-state index contributed by atoms with van der Waals surface area (Å²) in [6.07, 6.45) is 0. The van der Waals surface area contributed by atoms with E-state index in [4.69, 9.17) is 4.74 Å². The van der Waals surface area contributed by atoms with Gasteiger partial charge < -0.3 is 4.74 Å². The van der Waals surface area contributed by atoms with Gasteiger partial charge in [0, 0.05) is 11.8 Å². The Hall–Kier alpha value is -1.49. The van der Waals surface area contributed by atoms with Crippen molar-refractivity contribution in [3.05, 3.63) is 46.0 Å². The molecule has 0 heterocycles. The molecule has 1 aromatic rings. The van der Waals surface area contributed by atoms with Gasteiger partial charge in [0.15, 0.2) is 5.75 Å². The molecule has 0 radical (unpaired) electrons. The van der Waals surface area contributed by atoms with Gasteiger partial charge in [-0.3, -0.25) is 10.1 Å². The van der Waals surface area contributed by atoms with Gasteiger partial charge in [-0.15, -0.1) is 0 Å². The van der Waals surface area contributed by atoms with Crippen LogP contribution in [0, 0.1) is 17.0 Å². The molecule has 0 amide bonds. The summed E-state index contributed by atoms with van der Waals surface area (Å²) in [6, 6.07) is 4.85. The molecule has 4 nitrogen and oxygen atoms in total. The van der Waals surface area contributed by atoms with Crippen molar-refractivity contribution >= 4 is 18.3 Å². The molecule has 0 fully saturated rings. The lowest BCUT2D eigenvalue weighted by Gasteiger charge is -2.07. The highest BCUT2D eigenvalue weighted by atomic mass is 32.1. The summed E-state index contributed by atoms with van der Waals surface area (Å²) in [7, 11) is 0. The van der Waals surface area contributed by atoms with E-state index < -0.39 is 4.92 Å². The Balaban J connectivity index is 2.87. The van der Waals surface area contributed by atoms with Crippen LogP contribution in [0.3, 0.4) is 0 Å². The van der Waals surface area contributed by atoms with Gasteiger partial charge in [0.1, 0.15) is 6.61 Å². The Morgan fingerprint density at radius 1 is 1.62 bits per heavy atom. The van der Waals surface area contributed by atoms with Crippen molar-refractivity contribution in [3.63, 3.8) is 0 Å². The van der Waals surface area contributed by atoms with Crippen molar-refractivity contribution in [2.45, 2.75) is 6.92 Å². The molecule has 0 aliphatic rings. The molecular formula is C11H13NO3S. The highest BCUT2D eigenvalue weighted by Crippen LogP contribution is 2.27. The van der Waals surface area contributed by atoms with Crippen LogP contribution in [0.1, 0.15) is 5.56 Å². The van der Waals surface area contributed by atoms with Crippen LogP contribution in [0.4, 0.5) is 5.69 Å². The van der Waals surface area contributed by atoms with Gasteiger partial charge in [0.05, 0.1) is 4.92 Å². The quantitative estimate of drug-likeness (QED) is 0.372. The summed E-state index contributed by atoms with van der Waals surface area (Å²) in [5.41, 5.74) is 1.58. The molecule has 0 aliphatic heterocycles. The number of hydrogen-bond donors (Lipinski definition) is 1. The fraction of sp³-hybridized carbons (Fsp3) is 0.273. The first-order valence-corrected chi connectivity index (χ1v) is 5.33. The van der Waals surface area contributed by atoms with Crippen LogP contribution >= 0.6 is 12.6 Å². The highest BCUT2D eigenvalue weighted by Gasteiger charge is 2.14. The second kappa shape index (κ2) is 5.55. The molecule has 0 atom stereocenters. The molecule has 0 spiro atoms. The summed E-state index contributed by atoms with van der Waals surface area (Å²) in [6.45, 7) is 5.75. The molecule has 0 aromatic heterocycles. The molecule has 0 unspecified atom stereocenters. The average molecular weight is 239 g/mol. The number of nitro groups is 1. The maximum atomic E-state index is 10.8. The van der Waals surface area contributed by atoms with E-state index in [9.17, 15) is 10.1 Å². The molecule has 0 saturated carbocycles. The topological polar surface area (TPSA) is 52.4 Å². The van der Waals surface area contributed by atoms with Crippen molar-refractivity contribution in [1.29, 1.82) is 0 Å². The molecule has 5 heteroatoms. The van der Waals surface area contributed by atoms with Crippen LogP contribution in [0.15, 0.2) is 30.4 Å². The molecule has 0 N–H and O–H groups in total. The first-order valence-electron chi connectivity index (χ1n) is 4.70. The van der Waals surface area contributed by atoms with E-state index in [2.05, 4.69) is 19.2 Å². The van der Waals surface area contributed by atoms with Gasteiger partial charge >= 0.3 is 5.69 Å². The van der Waals surface area contributed by atoms with Gasteiger partial charge in [-0.1, -0.05) is 12.6 Å². The third-order valence-corrected chi connectivity index (χ3v) is 2.41. The maximum absolute atomic E-state index is 10.8. The van der Waals surface area contributed by atoms with Crippen LogP contribution in [-0.4, -0.2) is 17.3 Å². The minimum absolute atomic E-state index is 0.0213. The van der Waals surface area contributed by atoms with Crippen LogP contribution in [0.2, 0.25) is 0 Å². The molecular weight excluding hydrogens is 226 g/mol. The Bertz CT molecular complexity index is 418. The zero-order chi connectivity index (χ0) is 12.1. The number of thiol groups is 1. The Kier molecular flexibility index (Phi) is 4.37. The summed E-state index contributed by atoms with van der Waals surface area (Å²) >= 11 is 4.03. The van der Waals surface area contributed by atoms with Crippen LogP contribution < -0.4 is 4.74 Å². The molecule has 0 saturated heterocycles. The number of benzene rings is 1. The van der Waals surface area contributed by atoms with Crippen molar-refractivity contribution in [2.75, 3.05) is 12.4 Å². The number of nitro benzene ring substituents is 1. The standard InChI is InChI=1S/C11H13NO3S/c1-8-3-4-11(10(5-8)12(13)14)15-6-9(2)7-16/h3-5,16H,2,6-7H2,1H3. The molecule has 0 aliphatic carbocycles. The monoisotopic (exact) mass is 239 g/mol. The van der Waals surface area contributed by atoms with Gasteiger partial charge in [-0.25, -0.2) is 0 Å². The van der Waals surface area contributed by atoms with Crippen LogP contribution in [0.25, 0.3) is 0 Å². The molecule has 16 heavy (non-hydrogen) atoms. The minimum Gasteiger partial charge on any atom is -0.482 e. The van der Waals surface area contributed by atoms with Crippen molar-refractivity contribution < 1.29 is 9.66 Å². The van der Waals surface area contributed by atoms with Gasteiger partial charge in [-0.2, -0.15) is 12.6 Å². The van der Waals surface area contributed by atoms with E-state index >= 15 is 0 Å². The van der Waals surface area contributed by atoms with E-state index in [1.165, 1.54) is 6.07 Å². The van der Waals surface area contributed by atoms with Crippen molar-refractivity contribution in [1.82, 2.24) is 0 Å². The summed E-state index contributed by atoms with van der Waals surface area (Å²) in [4.78, 5) is 10.3. The predicted octanol–water partition coefficient (Wildman–Crippen LogP) is 2.77. The summed E-state index contributed by atoms with van der Waals surface area (Å²) in [5, 5.41) is 10.8. The number of ether oxygens (including phenoxy) is 1. The Morgan fingerprint density at radius 2 is 2.31 bits per heavy atom. The van der Waals surface area contributed by atoms with Crippen molar-refractivity contribution in [2.24, 2.45) is 0 Å². The third-order valence-electron chi connectivity index (χ3n) is 1.97. The Morgan fingerprint density at radius 3 is 2.88 bits per heavy atom. The van der Waals surface area contributed by atoms with E-state index in [0.29, 0.717) is 5.75 Å². The number of nitrogens with zero attached hydrogens (tertiary/aromatic N) is 1. The largest absolute Gasteiger partial charge is 0.482 e. The highest BCUT2D eigenvalue weighted by molar-refractivity contribution is 7.80. The number of hydrogen-bond acceptors (Lipinski definition) is 4. The second-order valence-corrected chi connectivity index (χ2v) is 3.74. The number of aryl methyl sites for hydroxylation is 1. The fourth-order valence-corrected chi connectivity index (χ4v) is 1.21. The first kappa shape index (κ1) is 12.6. The average Bonchev–Trinajstić information content (AvgIpc) is 2.26. The molecule has 1 rings (SSSR count). The summed E-state index contributed by atoms with van der Waals surface area (Å²) < 4.78 is 5.32. The van der Waals surface area contributed by atoms with Gasteiger partial charge in [0.2, 0.25) is 0 Å². The molecule has 1 aromatic carbocycles. The van der Waals surface area contributed by atoms with Crippen molar-refractivity contribution in [3.8, 4) is 5.75 Å². The van der Waals surface area contributed by atoms with E-state index in [0.717, 1.165) is 11.1 Å². The van der Waals surface area contributed by atoms with Gasteiger partial charge in [0.25, 0.3) is 0 Å². The lowest BCUT2D eigenvalue weighted by Crippen LogP contribution is -2.03. The third kappa shape index (κ3) is 3.27. The minimum atomic E-state index is -0.453.